The molecule has 5 rings (SSSR count). The van der Waals surface area contributed by atoms with Crippen molar-refractivity contribution in [3.05, 3.63) is 59.7 Å². The summed E-state index contributed by atoms with van der Waals surface area (Å²) >= 11 is 0. The van der Waals surface area contributed by atoms with E-state index in [1.54, 1.807) is 11.1 Å². The fraction of sp³-hybridized carbons (Fsp3) is 0.692. The minimum Gasteiger partial charge on any atom is -0.396 e. The van der Waals surface area contributed by atoms with Gasteiger partial charge in [-0.1, -0.05) is 87.4 Å². The third-order valence-electron chi connectivity index (χ3n) is 11.6. The molecular formula is C39H58O. The molecule has 0 heterocycles. The monoisotopic (exact) mass is 542 g/mol. The van der Waals surface area contributed by atoms with Gasteiger partial charge in [0.25, 0.3) is 0 Å². The summed E-state index contributed by atoms with van der Waals surface area (Å²) in [5.74, 6) is 5.55. The Kier molecular flexibility index (Phi) is 10.9. The van der Waals surface area contributed by atoms with Crippen LogP contribution in [0.5, 0.6) is 0 Å². The molecule has 1 nitrogen and oxygen atoms in total. The number of fused-ring (bicyclic) bond motifs is 1. The minimum atomic E-state index is 0.337. The Morgan fingerprint density at radius 3 is 1.57 bits per heavy atom. The van der Waals surface area contributed by atoms with Crippen molar-refractivity contribution in [1.82, 2.24) is 0 Å². The number of aliphatic hydroxyl groups excluding tert-OH is 1. The molecule has 0 radical (unpaired) electrons. The second-order valence-corrected chi connectivity index (χ2v) is 14.6. The fourth-order valence-electron chi connectivity index (χ4n) is 9.02. The van der Waals surface area contributed by atoms with Crippen LogP contribution in [-0.4, -0.2) is 11.7 Å². The molecule has 0 spiro atoms. The topological polar surface area (TPSA) is 20.2 Å². The van der Waals surface area contributed by atoms with Gasteiger partial charge in [0.1, 0.15) is 0 Å². The van der Waals surface area contributed by atoms with Gasteiger partial charge in [-0.2, -0.15) is 0 Å². The second kappa shape index (κ2) is 14.5. The Morgan fingerprint density at radius 1 is 0.700 bits per heavy atom. The van der Waals surface area contributed by atoms with Crippen LogP contribution in [0.4, 0.5) is 0 Å². The molecule has 220 valence electrons. The molecule has 0 saturated heterocycles. The highest BCUT2D eigenvalue weighted by molar-refractivity contribution is 5.84. The van der Waals surface area contributed by atoms with Crippen LogP contribution in [0.3, 0.4) is 0 Å². The molecule has 1 N–H and O–H groups in total. The van der Waals surface area contributed by atoms with E-state index < -0.39 is 0 Å². The first-order chi connectivity index (χ1) is 19.5. The van der Waals surface area contributed by atoms with Gasteiger partial charge in [-0.15, -0.1) is 6.58 Å². The van der Waals surface area contributed by atoms with Crippen molar-refractivity contribution in [2.45, 2.75) is 135 Å². The summed E-state index contributed by atoms with van der Waals surface area (Å²) < 4.78 is 0. The zero-order valence-electron chi connectivity index (χ0n) is 25.9. The van der Waals surface area contributed by atoms with E-state index in [-0.39, 0.29) is 0 Å². The molecule has 3 aliphatic rings. The van der Waals surface area contributed by atoms with Crippen LogP contribution in [0.15, 0.2) is 48.6 Å². The smallest absolute Gasteiger partial charge is 0.0464 e. The van der Waals surface area contributed by atoms with Crippen LogP contribution in [0.1, 0.15) is 146 Å². The number of hydrogen-bond acceptors (Lipinski definition) is 1. The molecular weight excluding hydrogens is 484 g/mol. The van der Waals surface area contributed by atoms with Gasteiger partial charge in [0.2, 0.25) is 0 Å². The minimum absolute atomic E-state index is 0.337. The van der Waals surface area contributed by atoms with Gasteiger partial charge in [0.05, 0.1) is 0 Å². The molecule has 2 aromatic carbocycles. The summed E-state index contributed by atoms with van der Waals surface area (Å²) in [4.78, 5) is 0. The second-order valence-electron chi connectivity index (χ2n) is 14.6. The average molecular weight is 543 g/mol. The van der Waals surface area contributed by atoms with Gasteiger partial charge < -0.3 is 5.11 Å². The van der Waals surface area contributed by atoms with Crippen LogP contribution >= 0.6 is 0 Å². The van der Waals surface area contributed by atoms with Crippen molar-refractivity contribution >= 4 is 10.8 Å². The van der Waals surface area contributed by atoms with Crippen molar-refractivity contribution in [1.29, 1.82) is 0 Å². The van der Waals surface area contributed by atoms with E-state index in [9.17, 15) is 5.11 Å². The van der Waals surface area contributed by atoms with Crippen molar-refractivity contribution < 1.29 is 5.11 Å². The molecule has 0 amide bonds. The van der Waals surface area contributed by atoms with E-state index in [0.29, 0.717) is 18.4 Å². The molecule has 3 saturated carbocycles. The van der Waals surface area contributed by atoms with Crippen molar-refractivity contribution in [3.8, 4) is 0 Å². The lowest BCUT2D eigenvalue weighted by atomic mass is 9.71. The maximum atomic E-state index is 9.86. The number of aliphatic hydroxyl groups is 1. The van der Waals surface area contributed by atoms with E-state index in [1.807, 2.05) is 0 Å². The zero-order valence-corrected chi connectivity index (χ0v) is 25.9. The first-order valence-electron chi connectivity index (χ1n) is 17.3. The fourth-order valence-corrected chi connectivity index (χ4v) is 9.02. The number of rotatable bonds is 11. The van der Waals surface area contributed by atoms with Crippen molar-refractivity contribution in [3.63, 3.8) is 0 Å². The normalized spacial score (nSPS) is 30.3. The lowest BCUT2D eigenvalue weighted by Crippen LogP contribution is -2.25. The largest absolute Gasteiger partial charge is 0.396 e. The quantitative estimate of drug-likeness (QED) is 0.280. The molecule has 1 heteroatoms. The van der Waals surface area contributed by atoms with E-state index >= 15 is 0 Å². The molecule has 0 aliphatic heterocycles. The Balaban J connectivity index is 1.06. The van der Waals surface area contributed by atoms with E-state index in [4.69, 9.17) is 0 Å². The number of benzene rings is 2. The van der Waals surface area contributed by atoms with E-state index in [0.717, 1.165) is 36.0 Å². The van der Waals surface area contributed by atoms with E-state index in [2.05, 4.69) is 56.8 Å². The number of hydrogen-bond donors (Lipinski definition) is 1. The molecule has 40 heavy (non-hydrogen) atoms. The van der Waals surface area contributed by atoms with Gasteiger partial charge in [-0.3, -0.25) is 0 Å². The van der Waals surface area contributed by atoms with Crippen molar-refractivity contribution in [2.75, 3.05) is 6.61 Å². The molecule has 0 aromatic heterocycles. The average Bonchev–Trinajstić information content (AvgIpc) is 2.99. The van der Waals surface area contributed by atoms with E-state index in [1.165, 1.54) is 119 Å². The summed E-state index contributed by atoms with van der Waals surface area (Å²) in [6.07, 6.45) is 23.3. The number of allylic oxidation sites excluding steroid dienone is 1. The van der Waals surface area contributed by atoms with Gasteiger partial charge in [-0.25, -0.2) is 0 Å². The summed E-state index contributed by atoms with van der Waals surface area (Å²) in [5.41, 5.74) is 4.40. The Labute approximate surface area is 246 Å². The Hall–Kier alpha value is -1.60. The van der Waals surface area contributed by atoms with Gasteiger partial charge in [-0.05, 0) is 141 Å². The van der Waals surface area contributed by atoms with Gasteiger partial charge in [0, 0.05) is 6.61 Å². The standard InChI is InChI=1S/C39H58O/c1-4-5-29-8-14-32(15-9-29)35-20-22-38-26-36(21-23-37(38)25-35)33-16-10-30(11-17-33)6-7-31-12-18-34(19-13-31)39(27-40)24-28(2)3/h20-23,25-26,29-34,39-40H,2,4-19,24,27H2,1,3H3. The zero-order chi connectivity index (χ0) is 27.9. The third-order valence-corrected chi connectivity index (χ3v) is 11.6. The molecule has 2 aromatic rings. The van der Waals surface area contributed by atoms with Crippen LogP contribution in [0.2, 0.25) is 0 Å². The maximum absolute atomic E-state index is 9.86. The highest BCUT2D eigenvalue weighted by atomic mass is 16.3. The first-order valence-corrected chi connectivity index (χ1v) is 17.3. The predicted molar refractivity (Wildman–Crippen MR) is 173 cm³/mol. The highest BCUT2D eigenvalue weighted by Gasteiger charge is 2.29. The predicted octanol–water partition coefficient (Wildman–Crippen LogP) is 11.3. The van der Waals surface area contributed by atoms with Gasteiger partial charge in [0.15, 0.2) is 0 Å². The lowest BCUT2D eigenvalue weighted by molar-refractivity contribution is 0.126. The SMILES string of the molecule is C=C(C)CC(CO)C1CCC(CCC2CCC(c3ccc4cc(C5CCC(CCC)CC5)ccc4c3)CC2)CC1. The molecule has 1 atom stereocenters. The molecule has 3 aliphatic carbocycles. The molecule has 1 unspecified atom stereocenters. The van der Waals surface area contributed by atoms with Crippen LogP contribution < -0.4 is 0 Å². The summed E-state index contributed by atoms with van der Waals surface area (Å²) in [5, 5.41) is 12.8. The van der Waals surface area contributed by atoms with Crippen molar-refractivity contribution in [2.24, 2.45) is 29.6 Å². The third kappa shape index (κ3) is 7.81. The molecule has 3 fully saturated rings. The van der Waals surface area contributed by atoms with Crippen LogP contribution in [0.25, 0.3) is 10.8 Å². The molecule has 0 bridgehead atoms. The maximum Gasteiger partial charge on any atom is 0.0464 e. The van der Waals surface area contributed by atoms with Crippen LogP contribution in [0, 0.1) is 29.6 Å². The summed E-state index contributed by atoms with van der Waals surface area (Å²) in [6.45, 7) is 8.87. The summed E-state index contributed by atoms with van der Waals surface area (Å²) in [7, 11) is 0. The Bertz CT molecular complexity index is 1060. The van der Waals surface area contributed by atoms with Crippen LogP contribution in [-0.2, 0) is 0 Å². The summed E-state index contributed by atoms with van der Waals surface area (Å²) in [6, 6.07) is 14.8. The lowest BCUT2D eigenvalue weighted by Gasteiger charge is -2.35. The Morgan fingerprint density at radius 2 is 1.15 bits per heavy atom. The van der Waals surface area contributed by atoms with Gasteiger partial charge >= 0.3 is 0 Å². The first kappa shape index (κ1) is 29.9. The highest BCUT2D eigenvalue weighted by Crippen LogP contribution is 2.42.